The van der Waals surface area contributed by atoms with Crippen LogP contribution in [0.15, 0.2) is 24.3 Å². The van der Waals surface area contributed by atoms with Crippen LogP contribution in [-0.4, -0.2) is 24.6 Å². The molecular formula is C19H28N2O2. The number of nitrogens with one attached hydrogen (secondary N) is 2. The minimum Gasteiger partial charge on any atom is -0.494 e. The molecule has 0 spiro atoms. The molecule has 2 unspecified atom stereocenters. The maximum atomic E-state index is 12.2. The van der Waals surface area contributed by atoms with E-state index in [0.717, 1.165) is 37.2 Å². The zero-order chi connectivity index (χ0) is 16.1. The fraction of sp³-hybridized carbons (Fsp3) is 0.632. The molecule has 2 bridgehead atoms. The van der Waals surface area contributed by atoms with Crippen molar-refractivity contribution in [2.45, 2.75) is 64.1 Å². The number of fused-ring (bicyclic) bond motifs is 2. The molecule has 2 aliphatic rings. The molecule has 4 nitrogen and oxygen atoms in total. The van der Waals surface area contributed by atoms with Crippen molar-refractivity contribution in [1.29, 1.82) is 0 Å². The van der Waals surface area contributed by atoms with Crippen LogP contribution in [0.4, 0.5) is 0 Å². The summed E-state index contributed by atoms with van der Waals surface area (Å²) >= 11 is 0. The van der Waals surface area contributed by atoms with E-state index >= 15 is 0 Å². The third-order valence-corrected chi connectivity index (χ3v) is 4.93. The minimum atomic E-state index is 0.183. The molecule has 2 heterocycles. The molecule has 0 saturated carbocycles. The van der Waals surface area contributed by atoms with Gasteiger partial charge in [-0.2, -0.15) is 0 Å². The number of hydrogen-bond donors (Lipinski definition) is 2. The van der Waals surface area contributed by atoms with Crippen molar-refractivity contribution in [3.05, 3.63) is 29.8 Å². The Morgan fingerprint density at radius 3 is 2.57 bits per heavy atom. The number of amides is 1. The third-order valence-electron chi connectivity index (χ3n) is 4.93. The van der Waals surface area contributed by atoms with Gasteiger partial charge in [0.25, 0.3) is 0 Å². The van der Waals surface area contributed by atoms with Gasteiger partial charge in [0.15, 0.2) is 0 Å². The molecule has 2 atom stereocenters. The van der Waals surface area contributed by atoms with Crippen molar-refractivity contribution in [2.24, 2.45) is 5.92 Å². The lowest BCUT2D eigenvalue weighted by atomic mass is 9.89. The zero-order valence-corrected chi connectivity index (χ0v) is 14.0. The van der Waals surface area contributed by atoms with Crippen LogP contribution in [0.3, 0.4) is 0 Å². The molecule has 2 N–H and O–H groups in total. The predicted molar refractivity (Wildman–Crippen MR) is 91.4 cm³/mol. The fourth-order valence-electron chi connectivity index (χ4n) is 3.80. The van der Waals surface area contributed by atoms with Gasteiger partial charge in [-0.05, 0) is 55.7 Å². The van der Waals surface area contributed by atoms with Gasteiger partial charge in [0, 0.05) is 25.0 Å². The quantitative estimate of drug-likeness (QED) is 0.813. The second kappa shape index (κ2) is 7.82. The van der Waals surface area contributed by atoms with E-state index in [4.69, 9.17) is 4.74 Å². The molecular weight excluding hydrogens is 288 g/mol. The molecule has 1 aromatic carbocycles. The number of benzene rings is 1. The Balaban J connectivity index is 1.40. The Labute approximate surface area is 139 Å². The summed E-state index contributed by atoms with van der Waals surface area (Å²) in [6.45, 7) is 3.44. The second-order valence-electron chi connectivity index (χ2n) is 6.95. The highest BCUT2D eigenvalue weighted by Gasteiger charge is 2.34. The number of carbonyl (C=O) groups excluding carboxylic acids is 1. The smallest absolute Gasteiger partial charge is 0.220 e. The SMILES string of the molecule is CCCOc1ccc(CNC(=O)CC2CC3CCC(C2)N3)cc1. The molecule has 1 aromatic rings. The van der Waals surface area contributed by atoms with Crippen molar-refractivity contribution >= 4 is 5.91 Å². The van der Waals surface area contributed by atoms with Crippen molar-refractivity contribution < 1.29 is 9.53 Å². The summed E-state index contributed by atoms with van der Waals surface area (Å²) < 4.78 is 5.57. The molecule has 4 heteroatoms. The Hall–Kier alpha value is -1.55. The molecule has 23 heavy (non-hydrogen) atoms. The van der Waals surface area contributed by atoms with Crippen LogP contribution in [0.5, 0.6) is 5.75 Å². The van der Waals surface area contributed by atoms with Crippen LogP contribution in [0.1, 0.15) is 51.0 Å². The van der Waals surface area contributed by atoms with E-state index in [0.29, 0.717) is 31.0 Å². The first-order valence-electron chi connectivity index (χ1n) is 8.97. The largest absolute Gasteiger partial charge is 0.494 e. The number of hydrogen-bond acceptors (Lipinski definition) is 3. The summed E-state index contributed by atoms with van der Waals surface area (Å²) in [5.41, 5.74) is 1.12. The van der Waals surface area contributed by atoms with Crippen molar-refractivity contribution in [3.63, 3.8) is 0 Å². The van der Waals surface area contributed by atoms with Gasteiger partial charge in [-0.3, -0.25) is 4.79 Å². The van der Waals surface area contributed by atoms with E-state index in [1.807, 2.05) is 24.3 Å². The minimum absolute atomic E-state index is 0.183. The average molecular weight is 316 g/mol. The number of ether oxygens (including phenoxy) is 1. The molecule has 2 fully saturated rings. The molecule has 0 radical (unpaired) electrons. The van der Waals surface area contributed by atoms with Crippen LogP contribution in [-0.2, 0) is 11.3 Å². The summed E-state index contributed by atoms with van der Waals surface area (Å²) in [4.78, 5) is 12.2. The summed E-state index contributed by atoms with van der Waals surface area (Å²) in [5, 5.41) is 6.69. The van der Waals surface area contributed by atoms with Crippen LogP contribution >= 0.6 is 0 Å². The van der Waals surface area contributed by atoms with Crippen molar-refractivity contribution in [3.8, 4) is 5.75 Å². The zero-order valence-electron chi connectivity index (χ0n) is 14.0. The second-order valence-corrected chi connectivity index (χ2v) is 6.95. The molecule has 0 aliphatic carbocycles. The Morgan fingerprint density at radius 2 is 1.91 bits per heavy atom. The Morgan fingerprint density at radius 1 is 1.22 bits per heavy atom. The maximum Gasteiger partial charge on any atom is 0.220 e. The average Bonchev–Trinajstić information content (AvgIpc) is 2.90. The van der Waals surface area contributed by atoms with E-state index in [2.05, 4.69) is 17.6 Å². The van der Waals surface area contributed by atoms with Crippen LogP contribution < -0.4 is 15.4 Å². The summed E-state index contributed by atoms with van der Waals surface area (Å²) in [7, 11) is 0. The molecule has 0 aromatic heterocycles. The van der Waals surface area contributed by atoms with Crippen molar-refractivity contribution in [1.82, 2.24) is 10.6 Å². The van der Waals surface area contributed by atoms with Gasteiger partial charge in [0.05, 0.1) is 6.61 Å². The fourth-order valence-corrected chi connectivity index (χ4v) is 3.80. The number of rotatable bonds is 7. The van der Waals surface area contributed by atoms with Crippen molar-refractivity contribution in [2.75, 3.05) is 6.61 Å². The standard InChI is InChI=1S/C19H28N2O2/c1-2-9-23-18-7-3-14(4-8-18)13-20-19(22)12-15-10-16-5-6-17(11-15)21-16/h3-4,7-8,15-17,21H,2,5-6,9-13H2,1H3,(H,20,22). The number of carbonyl (C=O) groups is 1. The third kappa shape index (κ3) is 4.71. The van der Waals surface area contributed by atoms with Gasteiger partial charge < -0.3 is 15.4 Å². The highest BCUT2D eigenvalue weighted by molar-refractivity contribution is 5.76. The van der Waals surface area contributed by atoms with Gasteiger partial charge in [-0.15, -0.1) is 0 Å². The van der Waals surface area contributed by atoms with E-state index in [1.54, 1.807) is 0 Å². The molecule has 2 aliphatic heterocycles. The lowest BCUT2D eigenvalue weighted by Crippen LogP contribution is -2.39. The van der Waals surface area contributed by atoms with Crippen LogP contribution in [0, 0.1) is 5.92 Å². The van der Waals surface area contributed by atoms with E-state index < -0.39 is 0 Å². The normalized spacial score (nSPS) is 26.0. The first-order valence-corrected chi connectivity index (χ1v) is 8.97. The van der Waals surface area contributed by atoms with E-state index in [-0.39, 0.29) is 5.91 Å². The van der Waals surface area contributed by atoms with Crippen LogP contribution in [0.25, 0.3) is 0 Å². The van der Waals surface area contributed by atoms with Crippen LogP contribution in [0.2, 0.25) is 0 Å². The molecule has 3 rings (SSSR count). The predicted octanol–water partition coefficient (Wildman–Crippen LogP) is 3.01. The van der Waals surface area contributed by atoms with Gasteiger partial charge in [0.1, 0.15) is 5.75 Å². The lowest BCUT2D eigenvalue weighted by molar-refractivity contribution is -0.122. The Kier molecular flexibility index (Phi) is 5.55. The summed E-state index contributed by atoms with van der Waals surface area (Å²) in [6.07, 6.45) is 6.58. The van der Waals surface area contributed by atoms with Gasteiger partial charge in [0.2, 0.25) is 5.91 Å². The molecule has 1 amide bonds. The van der Waals surface area contributed by atoms with E-state index in [1.165, 1.54) is 12.8 Å². The number of piperidine rings is 1. The maximum absolute atomic E-state index is 12.2. The van der Waals surface area contributed by atoms with Gasteiger partial charge >= 0.3 is 0 Å². The van der Waals surface area contributed by atoms with Gasteiger partial charge in [-0.25, -0.2) is 0 Å². The molecule has 2 saturated heterocycles. The highest BCUT2D eigenvalue weighted by atomic mass is 16.5. The summed E-state index contributed by atoms with van der Waals surface area (Å²) in [6, 6.07) is 9.31. The lowest BCUT2D eigenvalue weighted by Gasteiger charge is -2.28. The summed E-state index contributed by atoms with van der Waals surface area (Å²) in [5.74, 6) is 1.63. The Bertz CT molecular complexity index is 503. The van der Waals surface area contributed by atoms with E-state index in [9.17, 15) is 4.79 Å². The van der Waals surface area contributed by atoms with Gasteiger partial charge in [-0.1, -0.05) is 19.1 Å². The monoisotopic (exact) mass is 316 g/mol. The first kappa shape index (κ1) is 16.3. The topological polar surface area (TPSA) is 50.4 Å². The highest BCUT2D eigenvalue weighted by Crippen LogP contribution is 2.32. The first-order chi connectivity index (χ1) is 11.2. The molecule has 126 valence electrons.